The normalized spacial score (nSPS) is 11.5. The Morgan fingerprint density at radius 2 is 2.03 bits per heavy atom. The molecule has 0 aliphatic rings. The molecule has 6 nitrogen and oxygen atoms in total. The minimum absolute atomic E-state index is 0.242. The van der Waals surface area contributed by atoms with Crippen LogP contribution >= 0.6 is 0 Å². The Balaban J connectivity index is 1.51. The molecule has 0 aliphatic heterocycles. The largest absolute Gasteiger partial charge is 0.487 e. The summed E-state index contributed by atoms with van der Waals surface area (Å²) in [6.45, 7) is 3.96. The molecule has 32 heavy (non-hydrogen) atoms. The van der Waals surface area contributed by atoms with Crippen molar-refractivity contribution in [2.24, 2.45) is 10.3 Å². The van der Waals surface area contributed by atoms with Gasteiger partial charge in [0.2, 0.25) is 5.89 Å². The molecule has 0 saturated heterocycles. The van der Waals surface area contributed by atoms with E-state index < -0.39 is 11.6 Å². The zero-order valence-corrected chi connectivity index (χ0v) is 18.2. The third-order valence-electron chi connectivity index (χ3n) is 4.69. The third kappa shape index (κ3) is 7.01. The monoisotopic (exact) mass is 440 g/mol. The Kier molecular flexibility index (Phi) is 8.48. The van der Waals surface area contributed by atoms with Gasteiger partial charge in [-0.25, -0.2) is 13.8 Å². The fourth-order valence-corrected chi connectivity index (χ4v) is 3.07. The van der Waals surface area contributed by atoms with Crippen molar-refractivity contribution in [1.29, 1.82) is 0 Å². The molecular weight excluding hydrogens is 414 g/mol. The van der Waals surface area contributed by atoms with Crippen molar-refractivity contribution in [3.8, 4) is 5.75 Å². The van der Waals surface area contributed by atoms with Gasteiger partial charge in [0.15, 0.2) is 0 Å². The molecule has 0 amide bonds. The van der Waals surface area contributed by atoms with E-state index in [1.165, 1.54) is 36.1 Å². The van der Waals surface area contributed by atoms with Crippen LogP contribution in [0, 0.1) is 11.6 Å². The zero-order valence-electron chi connectivity index (χ0n) is 18.2. The van der Waals surface area contributed by atoms with Gasteiger partial charge in [0.05, 0.1) is 7.05 Å². The summed E-state index contributed by atoms with van der Waals surface area (Å²) in [6.07, 6.45) is 6.37. The molecule has 168 valence electrons. The van der Waals surface area contributed by atoms with Crippen LogP contribution < -0.4 is 4.74 Å². The first-order valence-corrected chi connectivity index (χ1v) is 10.4. The molecule has 0 spiro atoms. The Labute approximate surface area is 186 Å². The second-order valence-corrected chi connectivity index (χ2v) is 7.05. The highest BCUT2D eigenvalue weighted by Gasteiger charge is 2.05. The van der Waals surface area contributed by atoms with E-state index in [-0.39, 0.29) is 12.2 Å². The maximum atomic E-state index is 13.7. The summed E-state index contributed by atoms with van der Waals surface area (Å²) >= 11 is 0. The lowest BCUT2D eigenvalue weighted by atomic mass is 10.1. The molecule has 0 bridgehead atoms. The molecule has 3 aromatic rings. The summed E-state index contributed by atoms with van der Waals surface area (Å²) in [7, 11) is 1.67. The van der Waals surface area contributed by atoms with Gasteiger partial charge in [0.1, 0.15) is 35.9 Å². The van der Waals surface area contributed by atoms with Gasteiger partial charge in [-0.05, 0) is 55.7 Å². The number of nitrogens with zero attached hydrogens (tertiary/aromatic N) is 4. The number of hydrogen-bond acceptors (Lipinski definition) is 5. The average molecular weight is 440 g/mol. The van der Waals surface area contributed by atoms with Crippen LogP contribution in [-0.2, 0) is 13.0 Å². The summed E-state index contributed by atoms with van der Waals surface area (Å²) in [6, 6.07) is 11.3. The van der Waals surface area contributed by atoms with Gasteiger partial charge in [-0.15, -0.1) is 0 Å². The number of rotatable bonds is 11. The van der Waals surface area contributed by atoms with Crippen LogP contribution in [0.1, 0.15) is 36.1 Å². The van der Waals surface area contributed by atoms with Gasteiger partial charge in [-0.1, -0.05) is 17.4 Å². The molecular formula is C24H26F2N4O2. The highest BCUT2D eigenvalue weighted by Crippen LogP contribution is 2.18. The summed E-state index contributed by atoms with van der Waals surface area (Å²) < 4.78 is 37.9. The molecule has 0 unspecified atom stereocenters. The fourth-order valence-electron chi connectivity index (χ4n) is 3.07. The molecule has 0 saturated carbocycles. The smallest absolute Gasteiger partial charge is 0.218 e. The molecule has 0 atom stereocenters. The third-order valence-corrected chi connectivity index (χ3v) is 4.69. The Bertz CT molecular complexity index is 1070. The molecule has 0 aliphatic carbocycles. The van der Waals surface area contributed by atoms with Crippen molar-refractivity contribution in [3.63, 3.8) is 0 Å². The van der Waals surface area contributed by atoms with E-state index in [2.05, 4.69) is 28.3 Å². The van der Waals surface area contributed by atoms with Crippen molar-refractivity contribution < 1.29 is 17.9 Å². The fraction of sp³-hybridized carbons (Fsp3) is 0.292. The minimum Gasteiger partial charge on any atom is -0.487 e. The Morgan fingerprint density at radius 1 is 1.16 bits per heavy atom. The highest BCUT2D eigenvalue weighted by atomic mass is 19.1. The van der Waals surface area contributed by atoms with Gasteiger partial charge in [0, 0.05) is 30.8 Å². The summed E-state index contributed by atoms with van der Waals surface area (Å²) in [5.41, 5.74) is 2.04. The van der Waals surface area contributed by atoms with E-state index in [9.17, 15) is 8.78 Å². The van der Waals surface area contributed by atoms with E-state index >= 15 is 0 Å². The topological polar surface area (TPSA) is 63.2 Å². The number of oxazole rings is 1. The zero-order chi connectivity index (χ0) is 22.8. The van der Waals surface area contributed by atoms with Crippen LogP contribution in [0.2, 0.25) is 0 Å². The number of benzene rings is 2. The van der Waals surface area contributed by atoms with Gasteiger partial charge < -0.3 is 9.15 Å². The van der Waals surface area contributed by atoms with Crippen LogP contribution in [0.4, 0.5) is 8.78 Å². The first-order valence-electron chi connectivity index (χ1n) is 10.4. The lowest BCUT2D eigenvalue weighted by Gasteiger charge is -2.14. The molecule has 1 aromatic heterocycles. The van der Waals surface area contributed by atoms with Gasteiger partial charge in [-0.2, -0.15) is 5.11 Å². The maximum absolute atomic E-state index is 13.7. The molecule has 0 radical (unpaired) electrons. The van der Waals surface area contributed by atoms with Crippen LogP contribution in [-0.4, -0.2) is 30.1 Å². The second-order valence-electron chi connectivity index (χ2n) is 7.05. The molecule has 1 heterocycles. The van der Waals surface area contributed by atoms with Crippen LogP contribution in [0.25, 0.3) is 12.2 Å². The van der Waals surface area contributed by atoms with Gasteiger partial charge in [0.25, 0.3) is 0 Å². The van der Waals surface area contributed by atoms with E-state index in [1.807, 2.05) is 23.2 Å². The second kappa shape index (κ2) is 11.7. The maximum Gasteiger partial charge on any atom is 0.218 e. The standard InChI is InChI=1S/C24H26F2N4O2/c1-3-30(29-27-2)13-5-7-18-6-4-8-22(14-18)31-16-21-17-32-24(28-21)12-10-19-9-11-20(25)15-23(19)26/h4,6,8-12,14-15,17H,3,5,7,13,16H2,1-2H3/b12-10+,29-27?. The molecule has 3 rings (SSSR count). The molecule has 8 heteroatoms. The SMILES string of the molecule is CCN(CCCc1cccc(OCc2coc(/C=C/c3ccc(F)cc3F)n2)c1)N=NC. The van der Waals surface area contributed by atoms with Crippen molar-refractivity contribution in [1.82, 2.24) is 9.99 Å². The van der Waals surface area contributed by atoms with Crippen LogP contribution in [0.5, 0.6) is 5.75 Å². The summed E-state index contributed by atoms with van der Waals surface area (Å²) in [5, 5.41) is 9.82. The average Bonchev–Trinajstić information content (AvgIpc) is 3.25. The number of hydrogen-bond donors (Lipinski definition) is 0. The summed E-state index contributed by atoms with van der Waals surface area (Å²) in [5.74, 6) is -0.207. The van der Waals surface area contributed by atoms with E-state index in [0.29, 0.717) is 11.6 Å². The van der Waals surface area contributed by atoms with Crippen molar-refractivity contribution in [2.45, 2.75) is 26.4 Å². The number of halogens is 2. The number of ether oxygens (including phenoxy) is 1. The number of aryl methyl sites for hydroxylation is 1. The minimum atomic E-state index is -0.645. The van der Waals surface area contributed by atoms with E-state index in [0.717, 1.165) is 37.7 Å². The van der Waals surface area contributed by atoms with Crippen molar-refractivity contribution in [2.75, 3.05) is 20.1 Å². The Hall–Kier alpha value is -3.55. The molecule has 0 N–H and O–H groups in total. The van der Waals surface area contributed by atoms with Crippen molar-refractivity contribution >= 4 is 12.2 Å². The van der Waals surface area contributed by atoms with Crippen LogP contribution in [0.3, 0.4) is 0 Å². The molecule has 2 aromatic carbocycles. The number of aromatic nitrogens is 1. The van der Waals surface area contributed by atoms with Gasteiger partial charge >= 0.3 is 0 Å². The summed E-state index contributed by atoms with van der Waals surface area (Å²) in [4.78, 5) is 4.31. The lowest BCUT2D eigenvalue weighted by Crippen LogP contribution is -2.18. The predicted octanol–water partition coefficient (Wildman–Crippen LogP) is 5.95. The van der Waals surface area contributed by atoms with E-state index in [4.69, 9.17) is 9.15 Å². The molecule has 0 fully saturated rings. The first-order chi connectivity index (χ1) is 15.6. The van der Waals surface area contributed by atoms with Crippen LogP contribution in [0.15, 0.2) is 63.5 Å². The van der Waals surface area contributed by atoms with Gasteiger partial charge in [-0.3, -0.25) is 5.01 Å². The first kappa shape index (κ1) is 23.1. The highest BCUT2D eigenvalue weighted by molar-refractivity contribution is 5.66. The lowest BCUT2D eigenvalue weighted by molar-refractivity contribution is 0.278. The quantitative estimate of drug-likeness (QED) is 0.273. The Morgan fingerprint density at radius 3 is 2.81 bits per heavy atom. The van der Waals surface area contributed by atoms with Crippen molar-refractivity contribution in [3.05, 3.63) is 83.1 Å². The van der Waals surface area contributed by atoms with E-state index in [1.54, 1.807) is 7.05 Å². The predicted molar refractivity (Wildman–Crippen MR) is 119 cm³/mol.